The Morgan fingerprint density at radius 3 is 2.67 bits per heavy atom. The molecule has 0 spiro atoms. The van der Waals surface area contributed by atoms with Crippen LogP contribution in [0.5, 0.6) is 0 Å². The lowest BCUT2D eigenvalue weighted by Gasteiger charge is -2.22. The van der Waals surface area contributed by atoms with E-state index in [-0.39, 0.29) is 0 Å². The van der Waals surface area contributed by atoms with Crippen molar-refractivity contribution in [2.75, 3.05) is 12.8 Å². The topological polar surface area (TPSA) is 74.2 Å². The van der Waals surface area contributed by atoms with Crippen LogP contribution in [0.1, 0.15) is 31.5 Å². The third kappa shape index (κ3) is 2.62. The molecular weight excluding hydrogens is 402 g/mol. The normalized spacial score (nSPS) is 17.3. The molecule has 3 rings (SSSR count). The second kappa shape index (κ2) is 5.70. The molecule has 0 unspecified atom stereocenters. The van der Waals surface area contributed by atoms with Gasteiger partial charge in [-0.15, -0.1) is 0 Å². The van der Waals surface area contributed by atoms with Crippen molar-refractivity contribution in [1.82, 2.24) is 10.1 Å². The highest BCUT2D eigenvalue weighted by atomic mass is 79.9. The van der Waals surface area contributed by atoms with E-state index in [1.807, 2.05) is 12.1 Å². The van der Waals surface area contributed by atoms with Crippen molar-refractivity contribution >= 4 is 37.5 Å². The minimum atomic E-state index is -0.417. The number of ether oxygens (including phenoxy) is 1. The predicted octanol–water partition coefficient (Wildman–Crippen LogP) is 4.26. The second-order valence-corrected chi connectivity index (χ2v) is 6.95. The number of anilines is 1. The molecular formula is C14H15Br2N3O2. The number of aromatic nitrogens is 2. The van der Waals surface area contributed by atoms with Crippen LogP contribution in [0.2, 0.25) is 0 Å². The van der Waals surface area contributed by atoms with Crippen molar-refractivity contribution in [1.29, 1.82) is 0 Å². The number of rotatable bonds is 3. The van der Waals surface area contributed by atoms with Gasteiger partial charge in [0.15, 0.2) is 0 Å². The quantitative estimate of drug-likeness (QED) is 0.756. The second-order valence-electron chi connectivity index (χ2n) is 5.18. The summed E-state index contributed by atoms with van der Waals surface area (Å²) in [4.78, 5) is 4.52. The molecule has 1 heterocycles. The van der Waals surface area contributed by atoms with Crippen LogP contribution >= 0.6 is 31.9 Å². The highest BCUT2D eigenvalue weighted by molar-refractivity contribution is 9.11. The smallest absolute Gasteiger partial charge is 0.260 e. The first-order valence-electron chi connectivity index (χ1n) is 6.70. The fourth-order valence-electron chi connectivity index (χ4n) is 2.74. The predicted molar refractivity (Wildman–Crippen MR) is 86.7 cm³/mol. The largest absolute Gasteiger partial charge is 0.397 e. The number of hydrogen-bond donors (Lipinski definition) is 1. The van der Waals surface area contributed by atoms with Crippen LogP contribution in [0.25, 0.3) is 11.5 Å². The lowest BCUT2D eigenvalue weighted by Crippen LogP contribution is -2.25. The maximum Gasteiger partial charge on any atom is 0.260 e. The van der Waals surface area contributed by atoms with Gasteiger partial charge in [-0.2, -0.15) is 4.98 Å². The fourth-order valence-corrected chi connectivity index (χ4v) is 3.97. The summed E-state index contributed by atoms with van der Waals surface area (Å²) in [7, 11) is 1.70. The van der Waals surface area contributed by atoms with E-state index in [0.717, 1.165) is 34.6 Å². The Morgan fingerprint density at radius 1 is 1.29 bits per heavy atom. The molecule has 5 nitrogen and oxygen atoms in total. The van der Waals surface area contributed by atoms with Crippen molar-refractivity contribution in [2.24, 2.45) is 0 Å². The number of nitrogens with two attached hydrogens (primary N) is 1. The minimum absolute atomic E-state index is 0.410. The van der Waals surface area contributed by atoms with Crippen LogP contribution in [0.4, 0.5) is 5.69 Å². The van der Waals surface area contributed by atoms with Crippen molar-refractivity contribution in [2.45, 2.75) is 31.3 Å². The highest BCUT2D eigenvalue weighted by Gasteiger charge is 2.40. The third-order valence-corrected chi connectivity index (χ3v) is 5.07. The van der Waals surface area contributed by atoms with Gasteiger partial charge in [-0.05, 0) is 53.7 Å². The minimum Gasteiger partial charge on any atom is -0.397 e. The van der Waals surface area contributed by atoms with Gasteiger partial charge in [0.25, 0.3) is 5.89 Å². The van der Waals surface area contributed by atoms with Gasteiger partial charge < -0.3 is 15.0 Å². The maximum absolute atomic E-state index is 6.08. The zero-order chi connectivity index (χ0) is 15.0. The maximum atomic E-state index is 6.08. The van der Waals surface area contributed by atoms with Gasteiger partial charge >= 0.3 is 0 Å². The molecule has 7 heteroatoms. The van der Waals surface area contributed by atoms with Gasteiger partial charge in [-0.25, -0.2) is 0 Å². The summed E-state index contributed by atoms with van der Waals surface area (Å²) in [5.41, 5.74) is 6.95. The summed E-state index contributed by atoms with van der Waals surface area (Å²) < 4.78 is 12.8. The Labute approximate surface area is 139 Å². The molecule has 1 aliphatic carbocycles. The molecule has 1 aromatic heterocycles. The van der Waals surface area contributed by atoms with Crippen molar-refractivity contribution in [3.8, 4) is 11.5 Å². The SMILES string of the molecule is COC1(c2noc(-c3cc(Br)cc(Br)c3N)n2)CCCC1. The van der Waals surface area contributed by atoms with Gasteiger partial charge in [0.2, 0.25) is 5.82 Å². The van der Waals surface area contributed by atoms with E-state index in [9.17, 15) is 0 Å². The molecule has 0 saturated heterocycles. The van der Waals surface area contributed by atoms with Crippen LogP contribution in [0.15, 0.2) is 25.6 Å². The van der Waals surface area contributed by atoms with E-state index >= 15 is 0 Å². The molecule has 0 aliphatic heterocycles. The molecule has 112 valence electrons. The first-order chi connectivity index (χ1) is 10.1. The molecule has 1 saturated carbocycles. The number of hydrogen-bond acceptors (Lipinski definition) is 5. The van der Waals surface area contributed by atoms with Crippen molar-refractivity contribution in [3.63, 3.8) is 0 Å². The van der Waals surface area contributed by atoms with Gasteiger partial charge in [-0.1, -0.05) is 21.1 Å². The Morgan fingerprint density at radius 2 is 2.00 bits per heavy atom. The number of nitrogen functional groups attached to an aromatic ring is 1. The van der Waals surface area contributed by atoms with Crippen LogP contribution in [-0.2, 0) is 10.3 Å². The summed E-state index contributed by atoms with van der Waals surface area (Å²) in [6, 6.07) is 3.75. The zero-order valence-electron chi connectivity index (χ0n) is 11.5. The van der Waals surface area contributed by atoms with E-state index in [2.05, 4.69) is 42.0 Å². The molecule has 2 N–H and O–H groups in total. The van der Waals surface area contributed by atoms with Crippen molar-refractivity contribution in [3.05, 3.63) is 26.9 Å². The van der Waals surface area contributed by atoms with E-state index < -0.39 is 5.60 Å². The first kappa shape index (κ1) is 15.0. The molecule has 0 amide bonds. The van der Waals surface area contributed by atoms with Crippen LogP contribution in [0.3, 0.4) is 0 Å². The van der Waals surface area contributed by atoms with E-state index in [1.54, 1.807) is 7.11 Å². The Kier molecular flexibility index (Phi) is 4.07. The molecule has 1 fully saturated rings. The Hall–Kier alpha value is -0.920. The van der Waals surface area contributed by atoms with Gasteiger partial charge in [-0.3, -0.25) is 0 Å². The summed E-state index contributed by atoms with van der Waals surface area (Å²) >= 11 is 6.86. The van der Waals surface area contributed by atoms with E-state index in [1.165, 1.54) is 0 Å². The third-order valence-electron chi connectivity index (χ3n) is 3.96. The summed E-state index contributed by atoms with van der Waals surface area (Å²) in [6.45, 7) is 0. The molecule has 0 atom stereocenters. The molecule has 2 aromatic rings. The molecule has 0 bridgehead atoms. The lowest BCUT2D eigenvalue weighted by atomic mass is 10.0. The first-order valence-corrected chi connectivity index (χ1v) is 8.28. The summed E-state index contributed by atoms with van der Waals surface area (Å²) in [5.74, 6) is 1.01. The lowest BCUT2D eigenvalue weighted by molar-refractivity contribution is -0.0178. The Bertz CT molecular complexity index is 666. The number of methoxy groups -OCH3 is 1. The highest BCUT2D eigenvalue weighted by Crippen LogP contribution is 2.41. The molecule has 1 aromatic carbocycles. The van der Waals surface area contributed by atoms with Crippen LogP contribution < -0.4 is 5.73 Å². The molecule has 21 heavy (non-hydrogen) atoms. The van der Waals surface area contributed by atoms with Gasteiger partial charge in [0, 0.05) is 16.1 Å². The number of benzene rings is 1. The van der Waals surface area contributed by atoms with E-state index in [4.69, 9.17) is 15.0 Å². The number of halogens is 2. The van der Waals surface area contributed by atoms with Crippen LogP contribution in [0, 0.1) is 0 Å². The average Bonchev–Trinajstić information content (AvgIpc) is 3.11. The van der Waals surface area contributed by atoms with E-state index in [0.29, 0.717) is 23.0 Å². The Balaban J connectivity index is 2.03. The molecule has 1 aliphatic rings. The van der Waals surface area contributed by atoms with Crippen molar-refractivity contribution < 1.29 is 9.26 Å². The monoisotopic (exact) mass is 415 g/mol. The molecule has 0 radical (unpaired) electrons. The average molecular weight is 417 g/mol. The van der Waals surface area contributed by atoms with Gasteiger partial charge in [0.05, 0.1) is 11.3 Å². The van der Waals surface area contributed by atoms with Crippen LogP contribution in [-0.4, -0.2) is 17.3 Å². The summed E-state index contributed by atoms with van der Waals surface area (Å²) in [6.07, 6.45) is 4.06. The number of nitrogens with zero attached hydrogens (tertiary/aromatic N) is 2. The summed E-state index contributed by atoms with van der Waals surface area (Å²) in [5, 5.41) is 4.12. The fraction of sp³-hybridized carbons (Fsp3) is 0.429. The standard InChI is InChI=1S/C14H15Br2N3O2/c1-20-14(4-2-3-5-14)13-18-12(21-19-13)9-6-8(15)7-10(16)11(9)17/h6-7H,2-5,17H2,1H3. The van der Waals surface area contributed by atoms with Gasteiger partial charge in [0.1, 0.15) is 5.60 Å². The zero-order valence-corrected chi connectivity index (χ0v) is 14.7.